The molecule has 0 fully saturated rings. The molecule has 46 heavy (non-hydrogen) atoms. The van der Waals surface area contributed by atoms with Gasteiger partial charge in [0.05, 0.1) is 55.0 Å². The SMILES string of the molecule is CC[Si](CC)(CC)c1cc(Br)nc([C@](C)(CS(=O)(=NCC(F)(F)F)N(C)Cc2ccc(OC)cc2OC)N[S@@](=O)C(C)(C)C)c1F. The van der Waals surface area contributed by atoms with Crippen LogP contribution in [0, 0.1) is 5.82 Å². The van der Waals surface area contributed by atoms with Crippen molar-refractivity contribution in [3.63, 3.8) is 0 Å². The summed E-state index contributed by atoms with van der Waals surface area (Å²) in [6, 6.07) is 8.79. The van der Waals surface area contributed by atoms with E-state index in [1.54, 1.807) is 45.0 Å². The lowest BCUT2D eigenvalue weighted by atomic mass is 10.0. The van der Waals surface area contributed by atoms with E-state index < -0.39 is 63.6 Å². The maximum absolute atomic E-state index is 16.9. The van der Waals surface area contributed by atoms with Crippen LogP contribution < -0.4 is 19.4 Å². The second kappa shape index (κ2) is 15.7. The number of ether oxygens (including phenoxy) is 2. The first-order valence-electron chi connectivity index (χ1n) is 14.9. The van der Waals surface area contributed by atoms with E-state index in [1.165, 1.54) is 32.5 Å². The van der Waals surface area contributed by atoms with E-state index in [2.05, 4.69) is 30.0 Å². The smallest absolute Gasteiger partial charge is 0.408 e. The Morgan fingerprint density at radius 3 is 2.13 bits per heavy atom. The van der Waals surface area contributed by atoms with Gasteiger partial charge in [-0.3, -0.25) is 0 Å². The van der Waals surface area contributed by atoms with E-state index in [1.807, 2.05) is 20.8 Å². The standard InChI is InChI=1S/C30H47BrF4N4O4S2Si/c1-11-46(12-2,13-3)24-17-25(31)37-27(26(24)32)29(7,38-44(40)28(4,5)6)20-45(41,36-19-30(33,34)35)39(8)18-21-14-15-22(42-9)16-23(21)43-10/h14-17,38H,11-13,18-20H2,1-10H3/t29-,44-,45?/m0/s1. The largest absolute Gasteiger partial charge is 0.497 e. The lowest BCUT2D eigenvalue weighted by molar-refractivity contribution is -0.117. The number of nitrogens with zero attached hydrogens (tertiary/aromatic N) is 3. The molecule has 16 heteroatoms. The summed E-state index contributed by atoms with van der Waals surface area (Å²) in [6.07, 6.45) is -4.76. The number of methoxy groups -OCH3 is 2. The number of alkyl halides is 3. The number of hydrogen-bond donors (Lipinski definition) is 1. The third-order valence-corrected chi connectivity index (χ3v) is 18.5. The van der Waals surface area contributed by atoms with Gasteiger partial charge in [0.25, 0.3) is 0 Å². The van der Waals surface area contributed by atoms with Gasteiger partial charge >= 0.3 is 6.18 Å². The molecule has 1 N–H and O–H groups in total. The molecular formula is C30H47BrF4N4O4S2Si. The summed E-state index contributed by atoms with van der Waals surface area (Å²) in [5.74, 6) is -0.447. The van der Waals surface area contributed by atoms with Gasteiger partial charge in [0, 0.05) is 25.2 Å². The summed E-state index contributed by atoms with van der Waals surface area (Å²) in [5.41, 5.74) is -1.47. The molecule has 0 bridgehead atoms. The minimum atomic E-state index is -4.76. The van der Waals surface area contributed by atoms with Crippen molar-refractivity contribution >= 4 is 50.1 Å². The molecule has 1 aromatic heterocycles. The maximum Gasteiger partial charge on any atom is 0.408 e. The quantitative estimate of drug-likeness (QED) is 0.119. The Bertz CT molecular complexity index is 1500. The van der Waals surface area contributed by atoms with E-state index in [-0.39, 0.29) is 12.2 Å². The maximum atomic E-state index is 16.9. The van der Waals surface area contributed by atoms with Crippen LogP contribution in [0.2, 0.25) is 18.1 Å². The van der Waals surface area contributed by atoms with Crippen molar-refractivity contribution in [3.8, 4) is 11.5 Å². The van der Waals surface area contributed by atoms with Crippen molar-refractivity contribution in [2.45, 2.75) is 89.6 Å². The van der Waals surface area contributed by atoms with Crippen LogP contribution in [0.25, 0.3) is 0 Å². The summed E-state index contributed by atoms with van der Waals surface area (Å²) < 4.78 is 104. The number of aromatic nitrogens is 1. The molecule has 0 amide bonds. The number of nitrogens with one attached hydrogen (secondary N) is 1. The lowest BCUT2D eigenvalue weighted by Gasteiger charge is -2.37. The van der Waals surface area contributed by atoms with Gasteiger partial charge in [-0.2, -0.15) is 13.2 Å². The number of pyridine rings is 1. The van der Waals surface area contributed by atoms with Gasteiger partial charge in [-0.1, -0.05) is 45.0 Å². The van der Waals surface area contributed by atoms with Crippen molar-refractivity contribution in [2.24, 2.45) is 4.36 Å². The zero-order chi connectivity index (χ0) is 35.3. The zero-order valence-electron chi connectivity index (χ0n) is 28.2. The number of halogens is 5. The van der Waals surface area contributed by atoms with Gasteiger partial charge in [0.2, 0.25) is 0 Å². The third kappa shape index (κ3) is 9.74. The van der Waals surface area contributed by atoms with Crippen LogP contribution in [0.4, 0.5) is 17.6 Å². The predicted octanol–water partition coefficient (Wildman–Crippen LogP) is 7.06. The van der Waals surface area contributed by atoms with Gasteiger partial charge < -0.3 is 9.47 Å². The summed E-state index contributed by atoms with van der Waals surface area (Å²) >= 11 is 3.43. The monoisotopic (exact) mass is 774 g/mol. The molecule has 2 rings (SSSR count). The normalized spacial score (nSPS) is 16.1. The van der Waals surface area contributed by atoms with Gasteiger partial charge in [0.1, 0.15) is 38.4 Å². The summed E-state index contributed by atoms with van der Waals surface area (Å²) in [7, 11) is -3.94. The van der Waals surface area contributed by atoms with Gasteiger partial charge in [0.15, 0.2) is 0 Å². The van der Waals surface area contributed by atoms with E-state index in [0.717, 1.165) is 18.1 Å². The minimum absolute atomic E-state index is 0.136. The van der Waals surface area contributed by atoms with E-state index in [4.69, 9.17) is 9.47 Å². The highest BCUT2D eigenvalue weighted by molar-refractivity contribution is 9.10. The Balaban J connectivity index is 2.90. The topological polar surface area (TPSA) is 93.1 Å². The molecule has 1 aromatic carbocycles. The Hall–Kier alpha value is -1.59. The molecule has 2 aromatic rings. The molecule has 0 radical (unpaired) electrons. The van der Waals surface area contributed by atoms with Crippen molar-refractivity contribution in [2.75, 3.05) is 33.6 Å². The molecule has 8 nitrogen and oxygen atoms in total. The Kier molecular flexibility index (Phi) is 13.9. The fourth-order valence-electron chi connectivity index (χ4n) is 5.20. The first kappa shape index (κ1) is 40.6. The first-order valence-corrected chi connectivity index (χ1v) is 21.1. The van der Waals surface area contributed by atoms with Crippen molar-refractivity contribution in [1.29, 1.82) is 0 Å². The van der Waals surface area contributed by atoms with E-state index in [9.17, 15) is 21.6 Å². The summed E-state index contributed by atoms with van der Waals surface area (Å²) in [6.45, 7) is 10.8. The fraction of sp³-hybridized carbons (Fsp3) is 0.633. The predicted molar refractivity (Wildman–Crippen MR) is 184 cm³/mol. The van der Waals surface area contributed by atoms with Crippen LogP contribution in [0.3, 0.4) is 0 Å². The zero-order valence-corrected chi connectivity index (χ0v) is 32.5. The van der Waals surface area contributed by atoms with E-state index >= 15 is 4.39 Å². The highest BCUT2D eigenvalue weighted by Crippen LogP contribution is 2.33. The number of benzene rings is 1. The second-order valence-electron chi connectivity index (χ2n) is 12.4. The molecule has 3 atom stereocenters. The summed E-state index contributed by atoms with van der Waals surface area (Å²) in [5, 5.41) is 0.501. The van der Waals surface area contributed by atoms with E-state index in [0.29, 0.717) is 26.9 Å². The minimum Gasteiger partial charge on any atom is -0.497 e. The molecule has 1 unspecified atom stereocenters. The van der Waals surface area contributed by atoms with Crippen molar-refractivity contribution in [3.05, 3.63) is 45.9 Å². The van der Waals surface area contributed by atoms with Gasteiger partial charge in [-0.05, 0) is 60.9 Å². The lowest BCUT2D eigenvalue weighted by Crippen LogP contribution is -2.55. The molecule has 0 aliphatic carbocycles. The molecule has 0 spiro atoms. The van der Waals surface area contributed by atoms with Crippen LogP contribution in [0.15, 0.2) is 33.2 Å². The third-order valence-electron chi connectivity index (χ3n) is 8.22. The molecule has 262 valence electrons. The Labute approximate surface area is 283 Å². The van der Waals surface area contributed by atoms with Crippen molar-refractivity contribution in [1.82, 2.24) is 14.0 Å². The van der Waals surface area contributed by atoms with Crippen LogP contribution in [-0.4, -0.2) is 70.3 Å². The molecule has 0 aliphatic rings. The molecule has 0 saturated heterocycles. The molecule has 0 aliphatic heterocycles. The van der Waals surface area contributed by atoms with Gasteiger partial charge in [-0.15, -0.1) is 0 Å². The van der Waals surface area contributed by atoms with Crippen LogP contribution in [0.5, 0.6) is 11.5 Å². The first-order chi connectivity index (χ1) is 21.1. The second-order valence-corrected chi connectivity index (χ2v) is 22.8. The highest BCUT2D eigenvalue weighted by atomic mass is 79.9. The highest BCUT2D eigenvalue weighted by Gasteiger charge is 2.44. The van der Waals surface area contributed by atoms with Crippen LogP contribution in [-0.2, 0) is 33.0 Å². The molecule has 1 heterocycles. The fourth-order valence-corrected chi connectivity index (χ4v) is 12.6. The average molecular weight is 776 g/mol. The van der Waals surface area contributed by atoms with Crippen molar-refractivity contribution < 1.29 is 35.5 Å². The molecule has 0 saturated carbocycles. The van der Waals surface area contributed by atoms with Gasteiger partial charge in [-0.25, -0.2) is 31.2 Å². The number of rotatable bonds is 15. The van der Waals surface area contributed by atoms with Crippen LogP contribution in [0.1, 0.15) is 59.7 Å². The number of hydrogen-bond acceptors (Lipinski definition) is 6. The van der Waals surface area contributed by atoms with Crippen LogP contribution >= 0.6 is 15.9 Å². The summed E-state index contributed by atoms with van der Waals surface area (Å²) in [4.78, 5) is 4.46. The molecular weight excluding hydrogens is 728 g/mol. The Morgan fingerprint density at radius 1 is 1.07 bits per heavy atom. The Morgan fingerprint density at radius 2 is 1.65 bits per heavy atom. The average Bonchev–Trinajstić information content (AvgIpc) is 2.97.